The van der Waals surface area contributed by atoms with E-state index in [0.717, 1.165) is 38.7 Å². The van der Waals surface area contributed by atoms with E-state index in [2.05, 4.69) is 20.3 Å². The molecule has 4 rings (SSSR count). The zero-order valence-corrected chi connectivity index (χ0v) is 13.1. The minimum absolute atomic E-state index is 0.287. The van der Waals surface area contributed by atoms with Crippen LogP contribution < -0.4 is 9.47 Å². The number of thioether (sulfide) groups is 1. The molecule has 0 amide bonds. The van der Waals surface area contributed by atoms with Crippen molar-refractivity contribution in [3.63, 3.8) is 0 Å². The van der Waals surface area contributed by atoms with Crippen LogP contribution in [0.25, 0.3) is 10.6 Å². The first-order valence-electron chi connectivity index (χ1n) is 6.63. The van der Waals surface area contributed by atoms with Gasteiger partial charge in [0.1, 0.15) is 5.01 Å². The molecule has 3 heterocycles. The van der Waals surface area contributed by atoms with Gasteiger partial charge in [-0.05, 0) is 24.3 Å². The van der Waals surface area contributed by atoms with Gasteiger partial charge in [-0.2, -0.15) is 0 Å². The molecule has 22 heavy (non-hydrogen) atoms. The van der Waals surface area contributed by atoms with Gasteiger partial charge in [-0.15, -0.1) is 11.3 Å². The molecule has 0 saturated carbocycles. The summed E-state index contributed by atoms with van der Waals surface area (Å²) in [5.74, 6) is 2.32. The minimum atomic E-state index is 0.287. The number of aromatic nitrogens is 3. The fourth-order valence-corrected chi connectivity index (χ4v) is 3.65. The van der Waals surface area contributed by atoms with Gasteiger partial charge in [-0.1, -0.05) is 11.8 Å². The molecule has 1 aliphatic rings. The highest BCUT2D eigenvalue weighted by Gasteiger charge is 2.15. The van der Waals surface area contributed by atoms with E-state index >= 15 is 0 Å². The lowest BCUT2D eigenvalue weighted by Gasteiger charge is -1.99. The van der Waals surface area contributed by atoms with Crippen LogP contribution in [0.2, 0.25) is 0 Å². The van der Waals surface area contributed by atoms with Gasteiger partial charge in [0.05, 0.1) is 5.69 Å². The largest absolute Gasteiger partial charge is 0.454 e. The molecule has 3 aromatic rings. The number of rotatable bonds is 4. The first-order valence-corrected chi connectivity index (χ1v) is 8.49. The van der Waals surface area contributed by atoms with Crippen molar-refractivity contribution in [2.24, 2.45) is 0 Å². The summed E-state index contributed by atoms with van der Waals surface area (Å²) in [7, 11) is 0. The van der Waals surface area contributed by atoms with Gasteiger partial charge in [-0.25, -0.2) is 15.0 Å². The highest BCUT2D eigenvalue weighted by Crippen LogP contribution is 2.37. The van der Waals surface area contributed by atoms with E-state index in [0.29, 0.717) is 0 Å². The molecule has 0 bridgehead atoms. The summed E-state index contributed by atoms with van der Waals surface area (Å²) in [5.41, 5.74) is 2.07. The van der Waals surface area contributed by atoms with Gasteiger partial charge in [-0.3, -0.25) is 0 Å². The Morgan fingerprint density at radius 1 is 1.14 bits per heavy atom. The van der Waals surface area contributed by atoms with Crippen LogP contribution in [0, 0.1) is 0 Å². The summed E-state index contributed by atoms with van der Waals surface area (Å²) in [4.78, 5) is 13.1. The smallest absolute Gasteiger partial charge is 0.231 e. The Morgan fingerprint density at radius 2 is 2.00 bits per heavy atom. The number of nitrogens with zero attached hydrogens (tertiary/aromatic N) is 3. The van der Waals surface area contributed by atoms with E-state index in [-0.39, 0.29) is 6.79 Å². The molecule has 0 N–H and O–H groups in total. The number of hydrogen-bond acceptors (Lipinski definition) is 7. The molecule has 0 spiro atoms. The van der Waals surface area contributed by atoms with Crippen LogP contribution in [0.3, 0.4) is 0 Å². The average Bonchev–Trinajstić information content (AvgIpc) is 3.22. The van der Waals surface area contributed by atoms with E-state index in [1.807, 2.05) is 24.3 Å². The maximum absolute atomic E-state index is 5.41. The molecule has 110 valence electrons. The van der Waals surface area contributed by atoms with Crippen LogP contribution in [-0.2, 0) is 5.75 Å². The number of thiazole rings is 1. The molecule has 1 aromatic carbocycles. The second-order valence-corrected chi connectivity index (χ2v) is 6.33. The SMILES string of the molecule is c1cnc(SCc2csc(-c3ccc4c(c3)OCO4)n2)nc1. The Labute approximate surface area is 135 Å². The van der Waals surface area contributed by atoms with Crippen molar-refractivity contribution >= 4 is 23.1 Å². The predicted molar refractivity (Wildman–Crippen MR) is 85.3 cm³/mol. The van der Waals surface area contributed by atoms with Crippen molar-refractivity contribution < 1.29 is 9.47 Å². The number of ether oxygens (including phenoxy) is 2. The molecule has 2 aromatic heterocycles. The van der Waals surface area contributed by atoms with E-state index in [9.17, 15) is 0 Å². The van der Waals surface area contributed by atoms with Crippen LogP contribution in [0.1, 0.15) is 5.69 Å². The Balaban J connectivity index is 1.49. The van der Waals surface area contributed by atoms with E-state index in [4.69, 9.17) is 9.47 Å². The number of hydrogen-bond donors (Lipinski definition) is 0. The fraction of sp³-hybridized carbons (Fsp3) is 0.133. The molecule has 0 aliphatic carbocycles. The summed E-state index contributed by atoms with van der Waals surface area (Å²) < 4.78 is 10.7. The van der Waals surface area contributed by atoms with Crippen LogP contribution in [-0.4, -0.2) is 21.7 Å². The summed E-state index contributed by atoms with van der Waals surface area (Å²) in [6, 6.07) is 7.71. The van der Waals surface area contributed by atoms with E-state index in [1.165, 1.54) is 0 Å². The summed E-state index contributed by atoms with van der Waals surface area (Å²) in [5, 5.41) is 3.80. The van der Waals surface area contributed by atoms with Gasteiger partial charge in [0, 0.05) is 29.1 Å². The summed E-state index contributed by atoms with van der Waals surface area (Å²) in [6.07, 6.45) is 3.49. The zero-order chi connectivity index (χ0) is 14.8. The Kier molecular flexibility index (Phi) is 3.65. The molecule has 7 heteroatoms. The van der Waals surface area contributed by atoms with Crippen LogP contribution in [0.4, 0.5) is 0 Å². The van der Waals surface area contributed by atoms with Crippen LogP contribution >= 0.6 is 23.1 Å². The Hall–Kier alpha value is -2.12. The maximum atomic E-state index is 5.41. The normalized spacial score (nSPS) is 12.5. The highest BCUT2D eigenvalue weighted by atomic mass is 32.2. The zero-order valence-electron chi connectivity index (χ0n) is 11.4. The van der Waals surface area contributed by atoms with Crippen molar-refractivity contribution in [3.8, 4) is 22.1 Å². The van der Waals surface area contributed by atoms with Crippen molar-refractivity contribution in [1.82, 2.24) is 15.0 Å². The lowest BCUT2D eigenvalue weighted by molar-refractivity contribution is 0.174. The number of benzene rings is 1. The van der Waals surface area contributed by atoms with Crippen LogP contribution in [0.5, 0.6) is 11.5 Å². The molecule has 0 unspecified atom stereocenters. The van der Waals surface area contributed by atoms with E-state index in [1.54, 1.807) is 35.5 Å². The molecule has 0 atom stereocenters. The third kappa shape index (κ3) is 2.77. The van der Waals surface area contributed by atoms with Crippen molar-refractivity contribution in [2.75, 3.05) is 6.79 Å². The van der Waals surface area contributed by atoms with Gasteiger partial charge < -0.3 is 9.47 Å². The molecule has 1 aliphatic heterocycles. The average molecular weight is 329 g/mol. The second kappa shape index (κ2) is 5.94. The topological polar surface area (TPSA) is 57.1 Å². The third-order valence-electron chi connectivity index (χ3n) is 3.06. The fourth-order valence-electron chi connectivity index (χ4n) is 2.03. The van der Waals surface area contributed by atoms with Crippen molar-refractivity contribution in [2.45, 2.75) is 10.9 Å². The van der Waals surface area contributed by atoms with Crippen LogP contribution in [0.15, 0.2) is 47.2 Å². The first kappa shape index (κ1) is 13.5. The molecule has 0 saturated heterocycles. The van der Waals surface area contributed by atoms with Gasteiger partial charge in [0.15, 0.2) is 16.7 Å². The summed E-state index contributed by atoms with van der Waals surface area (Å²) in [6.45, 7) is 0.287. The molecular formula is C15H11N3O2S2. The monoisotopic (exact) mass is 329 g/mol. The third-order valence-corrected chi connectivity index (χ3v) is 4.91. The Bertz CT molecular complexity index is 792. The summed E-state index contributed by atoms with van der Waals surface area (Å²) >= 11 is 3.20. The lowest BCUT2D eigenvalue weighted by Crippen LogP contribution is -1.92. The Morgan fingerprint density at radius 3 is 2.91 bits per heavy atom. The van der Waals surface area contributed by atoms with Gasteiger partial charge >= 0.3 is 0 Å². The standard InChI is InChI=1S/C15H11N3O2S2/c1-4-16-15(17-5-1)22-8-11-7-21-14(18-11)10-2-3-12-13(6-10)20-9-19-12/h1-7H,8-9H2. The first-order chi connectivity index (χ1) is 10.9. The second-order valence-electron chi connectivity index (χ2n) is 4.53. The maximum Gasteiger partial charge on any atom is 0.231 e. The van der Waals surface area contributed by atoms with Crippen molar-refractivity contribution in [3.05, 3.63) is 47.7 Å². The van der Waals surface area contributed by atoms with Gasteiger partial charge in [0.2, 0.25) is 6.79 Å². The lowest BCUT2D eigenvalue weighted by atomic mass is 10.2. The molecule has 0 fully saturated rings. The van der Waals surface area contributed by atoms with E-state index < -0.39 is 0 Å². The predicted octanol–water partition coefficient (Wildman–Crippen LogP) is 3.62. The number of fused-ring (bicyclic) bond motifs is 1. The molecule has 5 nitrogen and oxygen atoms in total. The molecule has 0 radical (unpaired) electrons. The highest BCUT2D eigenvalue weighted by molar-refractivity contribution is 7.98. The quantitative estimate of drug-likeness (QED) is 0.538. The minimum Gasteiger partial charge on any atom is -0.454 e. The molecular weight excluding hydrogens is 318 g/mol. The van der Waals surface area contributed by atoms with Crippen molar-refractivity contribution in [1.29, 1.82) is 0 Å². The van der Waals surface area contributed by atoms with Gasteiger partial charge in [0.25, 0.3) is 0 Å².